The van der Waals surface area contributed by atoms with Gasteiger partial charge >= 0.3 is 0 Å². The Bertz CT molecular complexity index is 538. The number of hydrogen-bond donors (Lipinski definition) is 1. The molecule has 1 amide bonds. The molecule has 0 aliphatic rings. The number of para-hydroxylation sites is 1. The minimum Gasteiger partial charge on any atom is -0.492 e. The molecule has 2 rings (SSSR count). The van der Waals surface area contributed by atoms with Crippen LogP contribution in [-0.4, -0.2) is 19.1 Å². The molecule has 6 heteroatoms. The van der Waals surface area contributed by atoms with E-state index < -0.39 is 0 Å². The van der Waals surface area contributed by atoms with Gasteiger partial charge in [0.05, 0.1) is 15.2 Å². The molecule has 100 valence electrons. The Hall–Kier alpha value is -0.850. The SMILES string of the molecule is O=C(NCCOc1ccccc1)c1cc(Br)c(Br)s1. The van der Waals surface area contributed by atoms with E-state index in [1.807, 2.05) is 30.3 Å². The number of carbonyl (C=O) groups excluding carboxylic acids is 1. The summed E-state index contributed by atoms with van der Waals surface area (Å²) in [5.41, 5.74) is 0. The van der Waals surface area contributed by atoms with E-state index in [1.165, 1.54) is 11.3 Å². The summed E-state index contributed by atoms with van der Waals surface area (Å²) in [4.78, 5) is 12.5. The van der Waals surface area contributed by atoms with Crippen molar-refractivity contribution < 1.29 is 9.53 Å². The molecule has 0 unspecified atom stereocenters. The van der Waals surface area contributed by atoms with Gasteiger partial charge in [0.25, 0.3) is 5.91 Å². The minimum atomic E-state index is -0.0898. The van der Waals surface area contributed by atoms with Crippen molar-refractivity contribution in [2.45, 2.75) is 0 Å². The fourth-order valence-electron chi connectivity index (χ4n) is 1.40. The second kappa shape index (κ2) is 7.07. The fourth-order valence-corrected chi connectivity index (χ4v) is 3.35. The van der Waals surface area contributed by atoms with Crippen molar-refractivity contribution >= 4 is 49.1 Å². The molecule has 0 radical (unpaired) electrons. The molecule has 2 aromatic rings. The first kappa shape index (κ1) is 14.6. The lowest BCUT2D eigenvalue weighted by Gasteiger charge is -2.06. The van der Waals surface area contributed by atoms with Gasteiger partial charge in [-0.3, -0.25) is 4.79 Å². The molecule has 0 bridgehead atoms. The normalized spacial score (nSPS) is 10.2. The van der Waals surface area contributed by atoms with Gasteiger partial charge in [-0.15, -0.1) is 11.3 Å². The van der Waals surface area contributed by atoms with Gasteiger partial charge in [-0.1, -0.05) is 18.2 Å². The van der Waals surface area contributed by atoms with Crippen molar-refractivity contribution in [1.29, 1.82) is 0 Å². The average molecular weight is 405 g/mol. The molecule has 0 fully saturated rings. The lowest BCUT2D eigenvalue weighted by atomic mass is 10.3. The van der Waals surface area contributed by atoms with Crippen molar-refractivity contribution in [1.82, 2.24) is 5.32 Å². The van der Waals surface area contributed by atoms with Crippen LogP contribution in [0, 0.1) is 0 Å². The van der Waals surface area contributed by atoms with Crippen molar-refractivity contribution in [3.05, 3.63) is 49.5 Å². The maximum absolute atomic E-state index is 11.8. The Labute approximate surface area is 132 Å². The molecule has 0 atom stereocenters. The van der Waals surface area contributed by atoms with E-state index in [0.29, 0.717) is 18.0 Å². The van der Waals surface area contributed by atoms with Crippen LogP contribution in [0.15, 0.2) is 44.7 Å². The number of ether oxygens (including phenoxy) is 1. The summed E-state index contributed by atoms with van der Waals surface area (Å²) in [5, 5.41) is 2.81. The summed E-state index contributed by atoms with van der Waals surface area (Å²) in [5.74, 6) is 0.714. The molecular formula is C13H11Br2NO2S. The van der Waals surface area contributed by atoms with Gasteiger partial charge in [-0.25, -0.2) is 0 Å². The summed E-state index contributed by atoms with van der Waals surface area (Å²) >= 11 is 8.11. The van der Waals surface area contributed by atoms with Gasteiger partial charge in [-0.05, 0) is 50.1 Å². The number of thiophene rings is 1. The van der Waals surface area contributed by atoms with E-state index in [2.05, 4.69) is 37.2 Å². The summed E-state index contributed by atoms with van der Waals surface area (Å²) < 4.78 is 7.30. The Morgan fingerprint density at radius 2 is 2.00 bits per heavy atom. The third-order valence-corrected chi connectivity index (χ3v) is 5.52. The smallest absolute Gasteiger partial charge is 0.261 e. The van der Waals surface area contributed by atoms with E-state index in [1.54, 1.807) is 6.07 Å². The molecule has 19 heavy (non-hydrogen) atoms. The first-order valence-electron chi connectivity index (χ1n) is 5.57. The van der Waals surface area contributed by atoms with Crippen molar-refractivity contribution in [2.75, 3.05) is 13.2 Å². The predicted molar refractivity (Wildman–Crippen MR) is 84.0 cm³/mol. The van der Waals surface area contributed by atoms with Gasteiger partial charge in [-0.2, -0.15) is 0 Å². The molecule has 0 spiro atoms. The highest BCUT2D eigenvalue weighted by atomic mass is 79.9. The number of rotatable bonds is 5. The van der Waals surface area contributed by atoms with Gasteiger partial charge < -0.3 is 10.1 Å². The zero-order valence-electron chi connectivity index (χ0n) is 9.86. The third-order valence-electron chi connectivity index (χ3n) is 2.27. The lowest BCUT2D eigenvalue weighted by molar-refractivity contribution is 0.0951. The van der Waals surface area contributed by atoms with Crippen molar-refractivity contribution in [3.63, 3.8) is 0 Å². The van der Waals surface area contributed by atoms with Crippen LogP contribution in [0.25, 0.3) is 0 Å². The van der Waals surface area contributed by atoms with E-state index in [9.17, 15) is 4.79 Å². The molecule has 3 nitrogen and oxygen atoms in total. The highest BCUT2D eigenvalue weighted by Gasteiger charge is 2.11. The van der Waals surface area contributed by atoms with Gasteiger partial charge in [0.2, 0.25) is 0 Å². The zero-order valence-corrected chi connectivity index (χ0v) is 13.8. The highest BCUT2D eigenvalue weighted by Crippen LogP contribution is 2.32. The molecule has 0 aliphatic carbocycles. The second-order valence-corrected chi connectivity index (χ2v) is 6.87. The number of nitrogens with one attached hydrogen (secondary N) is 1. The van der Waals surface area contributed by atoms with Crippen LogP contribution in [0.2, 0.25) is 0 Å². The summed E-state index contributed by atoms with van der Waals surface area (Å²) in [7, 11) is 0. The maximum atomic E-state index is 11.8. The summed E-state index contributed by atoms with van der Waals surface area (Å²) in [6.07, 6.45) is 0. The average Bonchev–Trinajstić information content (AvgIpc) is 2.76. The van der Waals surface area contributed by atoms with Gasteiger partial charge in [0, 0.05) is 4.47 Å². The predicted octanol–water partition coefficient (Wildman–Crippen LogP) is 4.08. The van der Waals surface area contributed by atoms with Crippen LogP contribution in [0.3, 0.4) is 0 Å². The van der Waals surface area contributed by atoms with Crippen LogP contribution >= 0.6 is 43.2 Å². The topological polar surface area (TPSA) is 38.3 Å². The van der Waals surface area contributed by atoms with E-state index in [4.69, 9.17) is 4.74 Å². The van der Waals surface area contributed by atoms with Crippen LogP contribution in [0.5, 0.6) is 5.75 Å². The molecule has 1 aromatic heterocycles. The zero-order chi connectivity index (χ0) is 13.7. The summed E-state index contributed by atoms with van der Waals surface area (Å²) in [6.45, 7) is 0.921. The highest BCUT2D eigenvalue weighted by molar-refractivity contribution is 9.13. The lowest BCUT2D eigenvalue weighted by Crippen LogP contribution is -2.27. The number of carbonyl (C=O) groups is 1. The fraction of sp³-hybridized carbons (Fsp3) is 0.154. The molecule has 0 saturated carbocycles. The van der Waals surface area contributed by atoms with Gasteiger partial charge in [0.1, 0.15) is 12.4 Å². The molecule has 1 N–H and O–H groups in total. The monoisotopic (exact) mass is 403 g/mol. The molecular weight excluding hydrogens is 394 g/mol. The standard InChI is InChI=1S/C13H11Br2NO2S/c14-10-8-11(19-12(10)15)13(17)16-6-7-18-9-4-2-1-3-5-9/h1-5,8H,6-7H2,(H,16,17). The Balaban J connectivity index is 1.75. The van der Waals surface area contributed by atoms with Crippen molar-refractivity contribution in [2.24, 2.45) is 0 Å². The second-order valence-electron chi connectivity index (χ2n) is 3.65. The minimum absolute atomic E-state index is 0.0898. The first-order chi connectivity index (χ1) is 9.16. The Morgan fingerprint density at radius 3 is 2.63 bits per heavy atom. The summed E-state index contributed by atoms with van der Waals surface area (Å²) in [6, 6.07) is 11.3. The molecule has 0 aliphatic heterocycles. The Morgan fingerprint density at radius 1 is 1.26 bits per heavy atom. The number of halogens is 2. The van der Waals surface area contributed by atoms with Crippen molar-refractivity contribution in [3.8, 4) is 5.75 Å². The number of benzene rings is 1. The van der Waals surface area contributed by atoms with Crippen LogP contribution < -0.4 is 10.1 Å². The van der Waals surface area contributed by atoms with Crippen LogP contribution in [-0.2, 0) is 0 Å². The number of hydrogen-bond acceptors (Lipinski definition) is 3. The Kier molecular flexibility index (Phi) is 5.42. The molecule has 1 aromatic carbocycles. The van der Waals surface area contributed by atoms with E-state index in [0.717, 1.165) is 14.0 Å². The quantitative estimate of drug-likeness (QED) is 0.762. The van der Waals surface area contributed by atoms with E-state index >= 15 is 0 Å². The van der Waals surface area contributed by atoms with Crippen LogP contribution in [0.4, 0.5) is 0 Å². The maximum Gasteiger partial charge on any atom is 0.261 e. The number of amides is 1. The largest absolute Gasteiger partial charge is 0.492 e. The molecule has 0 saturated heterocycles. The molecule has 1 heterocycles. The first-order valence-corrected chi connectivity index (χ1v) is 7.98. The third kappa shape index (κ3) is 4.33. The van der Waals surface area contributed by atoms with Gasteiger partial charge in [0.15, 0.2) is 0 Å². The van der Waals surface area contributed by atoms with E-state index in [-0.39, 0.29) is 5.91 Å². The van der Waals surface area contributed by atoms with Crippen LogP contribution in [0.1, 0.15) is 9.67 Å².